The van der Waals surface area contributed by atoms with Crippen molar-refractivity contribution in [3.05, 3.63) is 5.89 Å². The van der Waals surface area contributed by atoms with E-state index in [0.717, 1.165) is 6.42 Å². The van der Waals surface area contributed by atoms with Crippen molar-refractivity contribution in [2.24, 2.45) is 5.92 Å². The van der Waals surface area contributed by atoms with E-state index >= 15 is 0 Å². The predicted octanol–water partition coefficient (Wildman–Crippen LogP) is 0.579. The Labute approximate surface area is 111 Å². The molecule has 0 saturated carbocycles. The number of carbonyl (C=O) groups is 1. The lowest BCUT2D eigenvalue weighted by atomic mass is 10.1. The van der Waals surface area contributed by atoms with Gasteiger partial charge in [-0.25, -0.2) is 0 Å². The number of carbonyl (C=O) groups excluding carboxylic acids is 1. The Hall–Kier alpha value is -1.08. The van der Waals surface area contributed by atoms with Gasteiger partial charge in [0.2, 0.25) is 5.91 Å². The molecule has 1 heterocycles. The Morgan fingerprint density at radius 3 is 2.67 bits per heavy atom. The molecule has 0 aromatic carbocycles. The van der Waals surface area contributed by atoms with E-state index in [-0.39, 0.29) is 11.9 Å². The minimum atomic E-state index is 0.0106. The third-order valence-corrected chi connectivity index (χ3v) is 3.15. The van der Waals surface area contributed by atoms with Crippen LogP contribution in [0.3, 0.4) is 0 Å². The lowest BCUT2D eigenvalue weighted by Gasteiger charge is -2.07. The first kappa shape index (κ1) is 15.0. The van der Waals surface area contributed by atoms with Gasteiger partial charge in [-0.15, -0.1) is 10.2 Å². The molecule has 0 unspecified atom stereocenters. The highest BCUT2D eigenvalue weighted by atomic mass is 32.2. The number of rotatable bonds is 6. The molecule has 1 aromatic heterocycles. The molecule has 102 valence electrons. The quantitative estimate of drug-likeness (QED) is 0.766. The summed E-state index contributed by atoms with van der Waals surface area (Å²) in [5, 5.41) is 8.31. The van der Waals surface area contributed by atoms with E-state index in [1.54, 1.807) is 14.1 Å². The fraction of sp³-hybridized carbons (Fsp3) is 0.727. The van der Waals surface area contributed by atoms with Crippen LogP contribution in [0.2, 0.25) is 0 Å². The second-order valence-corrected chi connectivity index (χ2v) is 5.74. The van der Waals surface area contributed by atoms with Crippen LogP contribution in [-0.2, 0) is 4.79 Å². The fourth-order valence-corrected chi connectivity index (χ4v) is 2.11. The lowest BCUT2D eigenvalue weighted by molar-refractivity contribution is -0.435. The number of hydrogen-bond donors (Lipinski definition) is 1. The molecule has 3 N–H and O–H groups in total. The van der Waals surface area contributed by atoms with Crippen LogP contribution in [0.25, 0.3) is 0 Å². The molecule has 18 heavy (non-hydrogen) atoms. The summed E-state index contributed by atoms with van der Waals surface area (Å²) in [6.07, 6.45) is 0.906. The zero-order valence-corrected chi connectivity index (χ0v) is 12.2. The average Bonchev–Trinajstić information content (AvgIpc) is 2.73. The molecular weight excluding hydrogens is 252 g/mol. The van der Waals surface area contributed by atoms with Gasteiger partial charge < -0.3 is 15.1 Å². The van der Waals surface area contributed by atoms with Gasteiger partial charge in [0.25, 0.3) is 11.1 Å². The fourth-order valence-electron chi connectivity index (χ4n) is 1.37. The Balaban J connectivity index is 2.50. The minimum Gasteiger partial charge on any atom is -0.410 e. The highest BCUT2D eigenvalue weighted by Gasteiger charge is 2.19. The summed E-state index contributed by atoms with van der Waals surface area (Å²) < 4.78 is 5.48. The van der Waals surface area contributed by atoms with Crippen LogP contribution in [-0.4, -0.2) is 40.9 Å². The van der Waals surface area contributed by atoms with Crippen LogP contribution in [0, 0.1) is 5.92 Å². The van der Waals surface area contributed by atoms with E-state index < -0.39 is 0 Å². The van der Waals surface area contributed by atoms with Crippen molar-refractivity contribution in [3.8, 4) is 0 Å². The first-order chi connectivity index (χ1) is 8.40. The third-order valence-electron chi connectivity index (χ3n) is 2.35. The molecule has 1 amide bonds. The molecule has 1 aromatic rings. The Bertz CT molecular complexity index is 392. The van der Waals surface area contributed by atoms with Crippen LogP contribution in [0.1, 0.15) is 32.2 Å². The molecule has 0 aliphatic rings. The van der Waals surface area contributed by atoms with Crippen LogP contribution in [0.4, 0.5) is 0 Å². The van der Waals surface area contributed by atoms with Gasteiger partial charge >= 0.3 is 0 Å². The molecular formula is C11H21N4O2S+. The number of amides is 1. The smallest absolute Gasteiger partial charge is 0.277 e. The summed E-state index contributed by atoms with van der Waals surface area (Å²) in [5.74, 6) is 1.41. The Morgan fingerprint density at radius 1 is 1.44 bits per heavy atom. The van der Waals surface area contributed by atoms with E-state index in [0.29, 0.717) is 22.8 Å². The van der Waals surface area contributed by atoms with Crippen LogP contribution >= 0.6 is 11.8 Å². The van der Waals surface area contributed by atoms with Crippen LogP contribution in [0.15, 0.2) is 9.64 Å². The number of thioether (sulfide) groups is 1. The molecule has 0 bridgehead atoms. The topological polar surface area (TPSA) is 86.9 Å². The summed E-state index contributed by atoms with van der Waals surface area (Å²) >= 11 is 1.25. The van der Waals surface area contributed by atoms with Crippen molar-refractivity contribution in [2.45, 2.75) is 31.5 Å². The molecule has 1 atom stereocenters. The van der Waals surface area contributed by atoms with E-state index in [2.05, 4.69) is 29.8 Å². The predicted molar refractivity (Wildman–Crippen MR) is 68.8 cm³/mol. The zero-order valence-electron chi connectivity index (χ0n) is 11.3. The summed E-state index contributed by atoms with van der Waals surface area (Å²) in [5.41, 5.74) is 4.00. The number of quaternary nitrogens is 1. The normalized spacial score (nSPS) is 12.8. The van der Waals surface area contributed by atoms with Crippen molar-refractivity contribution in [3.63, 3.8) is 0 Å². The van der Waals surface area contributed by atoms with E-state index in [4.69, 9.17) is 4.42 Å². The van der Waals surface area contributed by atoms with Crippen molar-refractivity contribution in [1.82, 2.24) is 15.1 Å². The van der Waals surface area contributed by atoms with Gasteiger partial charge in [0.15, 0.2) is 6.04 Å². The monoisotopic (exact) mass is 273 g/mol. The summed E-state index contributed by atoms with van der Waals surface area (Å²) in [7, 11) is 3.44. The van der Waals surface area contributed by atoms with Gasteiger partial charge in [0.05, 0.1) is 5.75 Å². The molecule has 0 aliphatic carbocycles. The maximum Gasteiger partial charge on any atom is 0.277 e. The van der Waals surface area contributed by atoms with E-state index in [9.17, 15) is 4.79 Å². The summed E-state index contributed by atoms with van der Waals surface area (Å²) in [6, 6.07) is 0.0106. The average molecular weight is 273 g/mol. The summed E-state index contributed by atoms with van der Waals surface area (Å²) in [4.78, 5) is 12.9. The standard InChI is InChI=1S/C11H20N4O2S/c1-7(2)5-8(12)10-13-14-11(17-10)18-6-9(16)15(3)4/h7-8H,5-6,12H2,1-4H3/p+1/t8-/m1/s1. The Morgan fingerprint density at radius 2 is 2.11 bits per heavy atom. The highest BCUT2D eigenvalue weighted by Crippen LogP contribution is 2.21. The van der Waals surface area contributed by atoms with E-state index in [1.807, 2.05) is 0 Å². The second kappa shape index (κ2) is 6.75. The number of hydrogen-bond acceptors (Lipinski definition) is 5. The van der Waals surface area contributed by atoms with E-state index in [1.165, 1.54) is 16.7 Å². The van der Waals surface area contributed by atoms with Gasteiger partial charge in [-0.2, -0.15) is 0 Å². The van der Waals surface area contributed by atoms with Gasteiger partial charge in [-0.1, -0.05) is 25.6 Å². The van der Waals surface area contributed by atoms with Gasteiger partial charge in [0, 0.05) is 20.5 Å². The first-order valence-electron chi connectivity index (χ1n) is 5.89. The van der Waals surface area contributed by atoms with Crippen LogP contribution < -0.4 is 5.73 Å². The van der Waals surface area contributed by atoms with Gasteiger partial charge in [0.1, 0.15) is 0 Å². The van der Waals surface area contributed by atoms with Crippen molar-refractivity contribution >= 4 is 17.7 Å². The first-order valence-corrected chi connectivity index (χ1v) is 6.88. The van der Waals surface area contributed by atoms with Crippen molar-refractivity contribution < 1.29 is 14.9 Å². The molecule has 0 spiro atoms. The Kier molecular flexibility index (Phi) is 5.61. The van der Waals surface area contributed by atoms with Gasteiger partial charge in [-0.3, -0.25) is 4.79 Å². The largest absolute Gasteiger partial charge is 0.410 e. The summed E-state index contributed by atoms with van der Waals surface area (Å²) in [6.45, 7) is 4.25. The number of aromatic nitrogens is 2. The highest BCUT2D eigenvalue weighted by molar-refractivity contribution is 7.99. The SMILES string of the molecule is CC(C)C[C@@H]([NH3+])c1nnc(SCC(=O)N(C)C)o1. The molecule has 1 rings (SSSR count). The molecule has 0 fully saturated rings. The second-order valence-electron chi connectivity index (χ2n) is 4.81. The molecule has 6 nitrogen and oxygen atoms in total. The van der Waals surface area contributed by atoms with Crippen molar-refractivity contribution in [2.75, 3.05) is 19.8 Å². The van der Waals surface area contributed by atoms with Crippen LogP contribution in [0.5, 0.6) is 0 Å². The molecule has 0 saturated heterocycles. The molecule has 0 radical (unpaired) electrons. The minimum absolute atomic E-state index is 0.0106. The zero-order chi connectivity index (χ0) is 13.7. The van der Waals surface area contributed by atoms with Gasteiger partial charge in [-0.05, 0) is 5.92 Å². The molecule has 7 heteroatoms. The number of nitrogens with zero attached hydrogens (tertiary/aromatic N) is 3. The van der Waals surface area contributed by atoms with Crippen molar-refractivity contribution in [1.29, 1.82) is 0 Å². The third kappa shape index (κ3) is 4.66. The lowest BCUT2D eigenvalue weighted by Crippen LogP contribution is -2.54. The maximum absolute atomic E-state index is 11.4. The maximum atomic E-state index is 11.4. The molecule has 0 aliphatic heterocycles.